The van der Waals surface area contributed by atoms with Gasteiger partial charge in [-0.05, 0) is 147 Å². The SMILES string of the molecule is CC1(C)COC(C(C)(C)C)CO1.CC1(C)OCC(C(C)(C)C)O1.CC1OCC(C(C)(C)C)OC1C.CN1CCN(C)C(C(C)(C)C)C1.CN1CCN(C)C(C(C)(C)C)C1.CN1CCOC(C(C)(C)C)C1.CN1CCOCC1C(C)(C)C.CN1CCS(=O)(=O)C(C(C)(C)C)C1.CN1CCS(=O)(=O)CC1C(C)(C)C. The van der Waals surface area contributed by atoms with Crippen LogP contribution in [0, 0.1) is 48.7 Å². The quantitative estimate of drug-likeness (QED) is 0.224. The molecule has 9 aliphatic heterocycles. The van der Waals surface area contributed by atoms with Crippen molar-refractivity contribution in [3.05, 3.63) is 0 Å². The molecule has 9 fully saturated rings. The molecular formula is C85H178N8O12S2. The van der Waals surface area contributed by atoms with Crippen LogP contribution in [0.4, 0.5) is 0 Å². The Morgan fingerprint density at radius 1 is 0.346 bits per heavy atom. The molecule has 642 valence electrons. The molecule has 0 aromatic rings. The van der Waals surface area contributed by atoms with Gasteiger partial charge in [0.1, 0.15) is 0 Å². The minimum Gasteiger partial charge on any atom is -0.378 e. The van der Waals surface area contributed by atoms with Gasteiger partial charge in [-0.25, -0.2) is 16.8 Å². The van der Waals surface area contributed by atoms with Crippen molar-refractivity contribution in [3.8, 4) is 0 Å². The Labute approximate surface area is 663 Å². The highest BCUT2D eigenvalue weighted by Gasteiger charge is 2.43. The fraction of sp³-hybridized carbons (Fsp3) is 1.00. The summed E-state index contributed by atoms with van der Waals surface area (Å²) in [6.45, 7) is 89.5. The number of piperazine rings is 2. The zero-order valence-corrected chi connectivity index (χ0v) is 79.3. The summed E-state index contributed by atoms with van der Waals surface area (Å²) in [4.78, 5) is 18.8. The maximum atomic E-state index is 11.7. The van der Waals surface area contributed by atoms with Crippen molar-refractivity contribution >= 4 is 19.7 Å². The van der Waals surface area contributed by atoms with Crippen molar-refractivity contribution in [1.82, 2.24) is 39.2 Å². The molecule has 20 nitrogen and oxygen atoms in total. The van der Waals surface area contributed by atoms with Crippen molar-refractivity contribution in [3.63, 3.8) is 0 Å². The molecule has 9 saturated heterocycles. The molecule has 0 saturated carbocycles. The Morgan fingerprint density at radius 2 is 0.766 bits per heavy atom. The second-order valence-electron chi connectivity index (χ2n) is 43.8. The highest BCUT2D eigenvalue weighted by atomic mass is 32.2. The van der Waals surface area contributed by atoms with E-state index in [1.807, 2.05) is 48.7 Å². The Morgan fingerprint density at radius 3 is 1.08 bits per heavy atom. The number of rotatable bonds is 0. The smallest absolute Gasteiger partial charge is 0.163 e. The molecular weight excluding hydrogens is 1390 g/mol. The maximum absolute atomic E-state index is 11.7. The van der Waals surface area contributed by atoms with Gasteiger partial charge >= 0.3 is 0 Å². The van der Waals surface area contributed by atoms with E-state index in [-0.39, 0.29) is 85.7 Å². The normalized spacial score (nSPS) is 30.7. The summed E-state index contributed by atoms with van der Waals surface area (Å²) >= 11 is 0. The highest BCUT2D eigenvalue weighted by Crippen LogP contribution is 2.36. The third kappa shape index (κ3) is 40.1. The van der Waals surface area contributed by atoms with Crippen LogP contribution in [0.1, 0.15) is 228 Å². The average Bonchev–Trinajstić information content (AvgIpc) is 1.56. The van der Waals surface area contributed by atoms with E-state index in [0.29, 0.717) is 84.0 Å². The number of likely N-dealkylation sites (N-methyl/N-ethyl adjacent to an activating group) is 6. The van der Waals surface area contributed by atoms with Gasteiger partial charge in [0.25, 0.3) is 0 Å². The maximum Gasteiger partial charge on any atom is 0.163 e. The Kier molecular flexibility index (Phi) is 41.3. The molecule has 0 aliphatic carbocycles. The van der Waals surface area contributed by atoms with E-state index >= 15 is 0 Å². The van der Waals surface area contributed by atoms with Crippen LogP contribution in [0.3, 0.4) is 0 Å². The molecule has 0 amide bonds. The third-order valence-corrected chi connectivity index (χ3v) is 26.5. The van der Waals surface area contributed by atoms with E-state index in [2.05, 4.69) is 275 Å². The predicted molar refractivity (Wildman–Crippen MR) is 452 cm³/mol. The first-order chi connectivity index (χ1) is 47.8. The molecule has 0 spiro atoms. The van der Waals surface area contributed by atoms with Gasteiger partial charge in [-0.15, -0.1) is 0 Å². The molecule has 9 aliphatic rings. The molecule has 9 heterocycles. The van der Waals surface area contributed by atoms with Crippen LogP contribution in [0.2, 0.25) is 0 Å². The molecule has 22 heteroatoms. The van der Waals surface area contributed by atoms with Crippen molar-refractivity contribution in [2.45, 2.75) is 306 Å². The lowest BCUT2D eigenvalue weighted by Crippen LogP contribution is -2.55. The Balaban J connectivity index is 0.000000602. The van der Waals surface area contributed by atoms with Crippen LogP contribution in [0.5, 0.6) is 0 Å². The topological polar surface area (TPSA) is 168 Å². The first-order valence-electron chi connectivity index (χ1n) is 40.8. The third-order valence-electron chi connectivity index (χ3n) is 22.4. The molecule has 0 N–H and O–H groups in total. The summed E-state index contributed by atoms with van der Waals surface area (Å²) in [5.74, 6) is 0.562. The van der Waals surface area contributed by atoms with Gasteiger partial charge in [0.2, 0.25) is 0 Å². The van der Waals surface area contributed by atoms with Gasteiger partial charge < -0.3 is 72.2 Å². The van der Waals surface area contributed by atoms with E-state index < -0.39 is 19.7 Å². The van der Waals surface area contributed by atoms with Crippen LogP contribution in [-0.2, 0) is 57.6 Å². The molecule has 11 atom stereocenters. The summed E-state index contributed by atoms with van der Waals surface area (Å²) < 4.78 is 91.5. The van der Waals surface area contributed by atoms with Crippen LogP contribution in [0.15, 0.2) is 0 Å². The standard InChI is InChI=1S/2C10H22N2.2C10H20O2.2C9H19NO2S.2C9H19NO.C9H18O2/c2*1-10(2,3)9-8-11(4)6-7-12(9)5;1-9(2,3)8-6-12-10(4,5)7-11-8;1-7-8(2)12-9(6-11-7)10(3,4)5;1-9(2,3)8-7-13(11,12)6-5-10(8)4;1-9(2,3)8-7-10(4)5-6-13(8,11)12;1-9(2,3)8-7-11-6-5-10(8)4;1-9(2,3)8-7-10(4)5-6-11-8;1-8(2,3)7-6-10-9(4,5)11-7/h2*9H,6-8H2,1-5H3;8H,6-7H2,1-5H3;7-9H,6H2,1-5H3;2*8H,5-7H2,1-4H3;2*8H,5-7H2,1-4H3;7H,6H2,1-5H3. The fourth-order valence-electron chi connectivity index (χ4n) is 13.9. The molecule has 0 aromatic heterocycles. The average molecular weight is 1570 g/mol. The van der Waals surface area contributed by atoms with Crippen molar-refractivity contribution in [2.24, 2.45) is 48.7 Å². The lowest BCUT2D eigenvalue weighted by Gasteiger charge is -2.44. The van der Waals surface area contributed by atoms with E-state index in [9.17, 15) is 16.8 Å². The van der Waals surface area contributed by atoms with E-state index in [0.717, 1.165) is 59.3 Å². The fourth-order valence-corrected chi connectivity index (χ4v) is 18.2. The summed E-state index contributed by atoms with van der Waals surface area (Å²) in [5.41, 5.74) is 1.81. The molecule has 0 radical (unpaired) electrons. The molecule has 0 bridgehead atoms. The number of sulfone groups is 2. The van der Waals surface area contributed by atoms with E-state index in [4.69, 9.17) is 37.9 Å². The summed E-state index contributed by atoms with van der Waals surface area (Å²) in [6, 6.07) is 2.15. The minimum atomic E-state index is -2.86. The lowest BCUT2D eigenvalue weighted by atomic mass is 9.84. The van der Waals surface area contributed by atoms with Crippen LogP contribution in [0.25, 0.3) is 0 Å². The van der Waals surface area contributed by atoms with Crippen molar-refractivity contribution < 1.29 is 54.7 Å². The molecule has 107 heavy (non-hydrogen) atoms. The second-order valence-corrected chi connectivity index (χ2v) is 48.3. The van der Waals surface area contributed by atoms with Crippen molar-refractivity contribution in [1.29, 1.82) is 0 Å². The second kappa shape index (κ2) is 42.4. The number of nitrogens with zero attached hydrogens (tertiary/aromatic N) is 8. The molecule has 11 unspecified atom stereocenters. The number of hydrogen-bond donors (Lipinski definition) is 0. The zero-order valence-electron chi connectivity index (χ0n) is 77.7. The molecule has 0 aromatic carbocycles. The summed E-state index contributed by atoms with van der Waals surface area (Å²) in [6.07, 6.45) is 1.58. The van der Waals surface area contributed by atoms with E-state index in [1.54, 1.807) is 0 Å². The lowest BCUT2D eigenvalue weighted by molar-refractivity contribution is -0.199. The molecule has 9 rings (SSSR count). The predicted octanol–water partition coefficient (Wildman–Crippen LogP) is 13.4. The van der Waals surface area contributed by atoms with E-state index in [1.165, 1.54) is 39.3 Å². The van der Waals surface area contributed by atoms with Gasteiger partial charge in [0.15, 0.2) is 25.5 Å². The summed E-state index contributed by atoms with van der Waals surface area (Å²) in [7, 11) is 11.6. The number of ether oxygens (including phenoxy) is 8. The van der Waals surface area contributed by atoms with Crippen LogP contribution < -0.4 is 0 Å². The number of morpholine rings is 2. The highest BCUT2D eigenvalue weighted by molar-refractivity contribution is 7.92. The van der Waals surface area contributed by atoms with Gasteiger partial charge in [-0.1, -0.05) is 187 Å². The van der Waals surface area contributed by atoms with Crippen LogP contribution >= 0.6 is 0 Å². The van der Waals surface area contributed by atoms with Crippen molar-refractivity contribution in [2.75, 3.05) is 198 Å². The zero-order chi connectivity index (χ0) is 83.7. The Bertz CT molecular complexity index is 2650. The minimum absolute atomic E-state index is 0.0439. The van der Waals surface area contributed by atoms with Gasteiger partial charge in [-0.2, -0.15) is 0 Å². The summed E-state index contributed by atoms with van der Waals surface area (Å²) in [5, 5.41) is -0.209. The Hall–Kier alpha value is -0.740. The first-order valence-corrected chi connectivity index (χ1v) is 44.4. The van der Waals surface area contributed by atoms with Gasteiger partial charge in [0, 0.05) is 103 Å². The largest absolute Gasteiger partial charge is 0.378 e. The first kappa shape index (κ1) is 104. The van der Waals surface area contributed by atoms with Gasteiger partial charge in [0.05, 0.1) is 111 Å². The van der Waals surface area contributed by atoms with Gasteiger partial charge in [-0.3, -0.25) is 4.90 Å². The monoisotopic (exact) mass is 1570 g/mol. The van der Waals surface area contributed by atoms with Crippen LogP contribution in [-0.4, -0.2) is 332 Å². The number of hydrogen-bond acceptors (Lipinski definition) is 20.